The van der Waals surface area contributed by atoms with Gasteiger partial charge in [0, 0.05) is 17.7 Å². The van der Waals surface area contributed by atoms with Crippen molar-refractivity contribution in [1.82, 2.24) is 15.3 Å². The number of nitrogens with zero attached hydrogens (tertiary/aromatic N) is 2. The highest BCUT2D eigenvalue weighted by Gasteiger charge is 2.17. The van der Waals surface area contributed by atoms with Crippen molar-refractivity contribution in [2.45, 2.75) is 26.7 Å². The Hall–Kier alpha value is -1.74. The Morgan fingerprint density at radius 2 is 2.10 bits per heavy atom. The van der Waals surface area contributed by atoms with Crippen molar-refractivity contribution in [3.05, 3.63) is 47.4 Å². The highest BCUT2D eigenvalue weighted by molar-refractivity contribution is 5.60. The van der Waals surface area contributed by atoms with Crippen LogP contribution in [0.5, 0.6) is 0 Å². The number of aryl methyl sites for hydroxylation is 2. The van der Waals surface area contributed by atoms with E-state index in [0.717, 1.165) is 36.7 Å². The first kappa shape index (κ1) is 13.3. The molecule has 3 heteroatoms. The molecule has 20 heavy (non-hydrogen) atoms. The lowest BCUT2D eigenvalue weighted by molar-refractivity contribution is 0.561. The third-order valence-electron chi connectivity index (χ3n) is 3.85. The second-order valence-electron chi connectivity index (χ2n) is 5.74. The lowest BCUT2D eigenvalue weighted by atomic mass is 10.0. The van der Waals surface area contributed by atoms with Crippen LogP contribution < -0.4 is 5.32 Å². The van der Waals surface area contributed by atoms with Gasteiger partial charge < -0.3 is 5.32 Å². The number of benzene rings is 1. The van der Waals surface area contributed by atoms with Gasteiger partial charge in [-0.05, 0) is 51.4 Å². The molecular formula is C17H21N3. The van der Waals surface area contributed by atoms with Gasteiger partial charge in [-0.3, -0.25) is 0 Å². The summed E-state index contributed by atoms with van der Waals surface area (Å²) in [5.74, 6) is 1.66. The van der Waals surface area contributed by atoms with E-state index in [9.17, 15) is 0 Å². The van der Waals surface area contributed by atoms with E-state index in [2.05, 4.69) is 54.5 Å². The summed E-state index contributed by atoms with van der Waals surface area (Å²) in [5.41, 5.74) is 4.54. The number of aromatic nitrogens is 2. The van der Waals surface area contributed by atoms with Crippen LogP contribution in [-0.2, 0) is 6.42 Å². The van der Waals surface area contributed by atoms with Gasteiger partial charge in [0.2, 0.25) is 0 Å². The van der Waals surface area contributed by atoms with Crippen LogP contribution in [0.15, 0.2) is 30.3 Å². The molecule has 0 saturated carbocycles. The third kappa shape index (κ3) is 3.05. The summed E-state index contributed by atoms with van der Waals surface area (Å²) >= 11 is 0. The summed E-state index contributed by atoms with van der Waals surface area (Å²) in [6.07, 6.45) is 2.21. The molecule has 1 aromatic heterocycles. The molecule has 1 aliphatic heterocycles. The molecule has 3 nitrogen and oxygen atoms in total. The summed E-state index contributed by atoms with van der Waals surface area (Å²) in [4.78, 5) is 9.38. The van der Waals surface area contributed by atoms with Crippen molar-refractivity contribution in [3.8, 4) is 11.3 Å². The first-order valence-corrected chi connectivity index (χ1v) is 7.33. The number of hydrogen-bond acceptors (Lipinski definition) is 3. The van der Waals surface area contributed by atoms with Gasteiger partial charge in [0.1, 0.15) is 5.82 Å². The summed E-state index contributed by atoms with van der Waals surface area (Å²) < 4.78 is 0. The Kier molecular flexibility index (Phi) is 3.79. The van der Waals surface area contributed by atoms with Crippen molar-refractivity contribution >= 4 is 0 Å². The van der Waals surface area contributed by atoms with E-state index in [1.54, 1.807) is 0 Å². The van der Waals surface area contributed by atoms with Gasteiger partial charge >= 0.3 is 0 Å². The Labute approximate surface area is 120 Å². The van der Waals surface area contributed by atoms with Gasteiger partial charge in [-0.1, -0.05) is 23.8 Å². The van der Waals surface area contributed by atoms with Crippen LogP contribution in [0.1, 0.15) is 23.5 Å². The number of rotatable bonds is 3. The van der Waals surface area contributed by atoms with Gasteiger partial charge in [-0.25, -0.2) is 9.97 Å². The third-order valence-corrected chi connectivity index (χ3v) is 3.85. The molecule has 0 aliphatic carbocycles. The maximum Gasteiger partial charge on any atom is 0.129 e. The van der Waals surface area contributed by atoms with Gasteiger partial charge in [-0.15, -0.1) is 0 Å². The molecule has 0 bridgehead atoms. The average Bonchev–Trinajstić information content (AvgIpc) is 2.91. The highest BCUT2D eigenvalue weighted by atomic mass is 14.9. The topological polar surface area (TPSA) is 37.8 Å². The fourth-order valence-electron chi connectivity index (χ4n) is 2.82. The largest absolute Gasteiger partial charge is 0.316 e. The summed E-state index contributed by atoms with van der Waals surface area (Å²) in [5, 5.41) is 3.41. The lowest BCUT2D eigenvalue weighted by Gasteiger charge is -2.10. The maximum absolute atomic E-state index is 4.77. The van der Waals surface area contributed by atoms with E-state index < -0.39 is 0 Å². The molecule has 1 fully saturated rings. The lowest BCUT2D eigenvalue weighted by Crippen LogP contribution is -2.12. The fourth-order valence-corrected chi connectivity index (χ4v) is 2.82. The molecule has 1 aliphatic rings. The quantitative estimate of drug-likeness (QED) is 0.929. The fraction of sp³-hybridized carbons (Fsp3) is 0.412. The minimum Gasteiger partial charge on any atom is -0.316 e. The summed E-state index contributed by atoms with van der Waals surface area (Å²) in [7, 11) is 0. The van der Waals surface area contributed by atoms with Crippen molar-refractivity contribution in [2.24, 2.45) is 5.92 Å². The Morgan fingerprint density at radius 1 is 1.20 bits per heavy atom. The molecule has 1 saturated heterocycles. The predicted octanol–water partition coefficient (Wildman–Crippen LogP) is 2.91. The minimum absolute atomic E-state index is 0.683. The van der Waals surface area contributed by atoms with Gasteiger partial charge in [-0.2, -0.15) is 0 Å². The molecule has 0 radical (unpaired) electrons. The van der Waals surface area contributed by atoms with E-state index in [-0.39, 0.29) is 0 Å². The normalized spacial score (nSPS) is 18.4. The van der Waals surface area contributed by atoms with Crippen molar-refractivity contribution in [1.29, 1.82) is 0 Å². The molecular weight excluding hydrogens is 246 g/mol. The highest BCUT2D eigenvalue weighted by Crippen LogP contribution is 2.20. The predicted molar refractivity (Wildman–Crippen MR) is 81.6 cm³/mol. The second-order valence-corrected chi connectivity index (χ2v) is 5.74. The standard InChI is InChI=1S/C17H21N3/c1-12-4-3-5-15(8-12)16-9-13(2)19-17(20-16)10-14-6-7-18-11-14/h3-5,8-9,14,18H,6-7,10-11H2,1-2H3. The molecule has 1 aromatic carbocycles. The number of nitrogens with one attached hydrogen (secondary N) is 1. The average molecular weight is 267 g/mol. The van der Waals surface area contributed by atoms with Crippen LogP contribution in [0.25, 0.3) is 11.3 Å². The van der Waals surface area contributed by atoms with Crippen LogP contribution in [0.4, 0.5) is 0 Å². The zero-order valence-corrected chi connectivity index (χ0v) is 12.2. The van der Waals surface area contributed by atoms with E-state index in [4.69, 9.17) is 4.98 Å². The zero-order chi connectivity index (χ0) is 13.9. The molecule has 0 amide bonds. The van der Waals surface area contributed by atoms with E-state index >= 15 is 0 Å². The SMILES string of the molecule is Cc1cccc(-c2cc(C)nc(CC3CCNC3)n2)c1. The monoisotopic (exact) mass is 267 g/mol. The van der Waals surface area contributed by atoms with E-state index in [1.807, 2.05) is 0 Å². The first-order valence-electron chi connectivity index (χ1n) is 7.33. The van der Waals surface area contributed by atoms with E-state index in [0.29, 0.717) is 5.92 Å². The van der Waals surface area contributed by atoms with Crippen LogP contribution in [0.3, 0.4) is 0 Å². The minimum atomic E-state index is 0.683. The van der Waals surface area contributed by atoms with Crippen molar-refractivity contribution < 1.29 is 0 Å². The molecule has 0 spiro atoms. The van der Waals surface area contributed by atoms with Crippen molar-refractivity contribution in [3.63, 3.8) is 0 Å². The van der Waals surface area contributed by atoms with Crippen molar-refractivity contribution in [2.75, 3.05) is 13.1 Å². The van der Waals surface area contributed by atoms with Gasteiger partial charge in [0.15, 0.2) is 0 Å². The van der Waals surface area contributed by atoms with Gasteiger partial charge in [0.25, 0.3) is 0 Å². The van der Waals surface area contributed by atoms with E-state index in [1.165, 1.54) is 17.5 Å². The second kappa shape index (κ2) is 5.71. The molecule has 2 heterocycles. The van der Waals surface area contributed by atoms with Crippen LogP contribution in [-0.4, -0.2) is 23.1 Å². The molecule has 2 aromatic rings. The molecule has 104 valence electrons. The smallest absolute Gasteiger partial charge is 0.129 e. The van der Waals surface area contributed by atoms with Crippen LogP contribution in [0.2, 0.25) is 0 Å². The Morgan fingerprint density at radius 3 is 2.85 bits per heavy atom. The Bertz CT molecular complexity index is 601. The summed E-state index contributed by atoms with van der Waals surface area (Å²) in [6, 6.07) is 10.6. The molecule has 3 rings (SSSR count). The zero-order valence-electron chi connectivity index (χ0n) is 12.2. The Balaban J connectivity index is 1.89. The number of hydrogen-bond donors (Lipinski definition) is 1. The van der Waals surface area contributed by atoms with Gasteiger partial charge in [0.05, 0.1) is 5.69 Å². The molecule has 1 unspecified atom stereocenters. The van der Waals surface area contributed by atoms with Crippen LogP contribution >= 0.6 is 0 Å². The molecule has 1 atom stereocenters. The first-order chi connectivity index (χ1) is 9.70. The molecule has 1 N–H and O–H groups in total. The summed E-state index contributed by atoms with van der Waals surface area (Å²) in [6.45, 7) is 6.39. The van der Waals surface area contributed by atoms with Crippen LogP contribution in [0, 0.1) is 19.8 Å². The maximum atomic E-state index is 4.77.